The van der Waals surface area contributed by atoms with Crippen LogP contribution in [0.1, 0.15) is 5.56 Å². The second-order valence-corrected chi connectivity index (χ2v) is 5.55. The number of halogens is 5. The van der Waals surface area contributed by atoms with Crippen LogP contribution in [0.4, 0.5) is 22.0 Å². The quantitative estimate of drug-likeness (QED) is 0.472. The fourth-order valence-corrected chi connectivity index (χ4v) is 2.65. The molecule has 25 heavy (non-hydrogen) atoms. The molecule has 0 unspecified atom stereocenters. The number of hydrogen-bond acceptors (Lipinski definition) is 2. The van der Waals surface area contributed by atoms with Gasteiger partial charge in [0.15, 0.2) is 5.82 Å². The zero-order valence-corrected chi connectivity index (χ0v) is 13.5. The molecule has 3 aromatic rings. The second kappa shape index (κ2) is 6.07. The molecule has 0 amide bonds. The standard InChI is InChI=1S/C16H10F5N3S/c1-23-14(13-10(17)6-4-7-11(13)18)22-24(15(23)25)12-8-3-2-5-9(12)16(19,20)21/h2-8H,1H3. The average Bonchev–Trinajstić information content (AvgIpc) is 2.83. The first-order valence-corrected chi connectivity index (χ1v) is 7.39. The molecule has 0 radical (unpaired) electrons. The summed E-state index contributed by atoms with van der Waals surface area (Å²) in [6, 6.07) is 7.94. The van der Waals surface area contributed by atoms with Crippen LogP contribution in [0.15, 0.2) is 42.5 Å². The van der Waals surface area contributed by atoms with E-state index < -0.39 is 28.9 Å². The van der Waals surface area contributed by atoms with Crippen LogP contribution in [0.25, 0.3) is 17.1 Å². The van der Waals surface area contributed by atoms with Gasteiger partial charge in [0.2, 0.25) is 4.77 Å². The van der Waals surface area contributed by atoms with Gasteiger partial charge < -0.3 is 4.57 Å². The molecule has 0 aliphatic heterocycles. The summed E-state index contributed by atoms with van der Waals surface area (Å²) in [7, 11) is 1.38. The molecule has 1 heterocycles. The molecule has 9 heteroatoms. The summed E-state index contributed by atoms with van der Waals surface area (Å²) in [6.45, 7) is 0. The number of aromatic nitrogens is 3. The summed E-state index contributed by atoms with van der Waals surface area (Å²) in [6.07, 6.45) is -4.63. The maximum absolute atomic E-state index is 14.0. The van der Waals surface area contributed by atoms with Crippen LogP contribution in [0.3, 0.4) is 0 Å². The Bertz CT molecular complexity index is 983. The monoisotopic (exact) mass is 371 g/mol. The van der Waals surface area contributed by atoms with Gasteiger partial charge in [0.05, 0.1) is 16.8 Å². The fraction of sp³-hybridized carbons (Fsp3) is 0.125. The molecule has 0 atom stereocenters. The highest BCUT2D eigenvalue weighted by Gasteiger charge is 2.34. The van der Waals surface area contributed by atoms with Gasteiger partial charge in [0.25, 0.3) is 0 Å². The van der Waals surface area contributed by atoms with Crippen LogP contribution in [-0.2, 0) is 13.2 Å². The number of alkyl halides is 3. The Kier molecular flexibility index (Phi) is 4.19. The minimum atomic E-state index is -4.63. The zero-order valence-electron chi connectivity index (χ0n) is 12.7. The molecule has 3 nitrogen and oxygen atoms in total. The molecule has 0 aliphatic carbocycles. The lowest BCUT2D eigenvalue weighted by molar-refractivity contribution is -0.137. The number of benzene rings is 2. The van der Waals surface area contributed by atoms with Gasteiger partial charge in [-0.3, -0.25) is 0 Å². The molecule has 0 spiro atoms. The zero-order chi connectivity index (χ0) is 18.4. The van der Waals surface area contributed by atoms with E-state index in [0.717, 1.165) is 27.4 Å². The van der Waals surface area contributed by atoms with Crippen molar-refractivity contribution >= 4 is 12.2 Å². The van der Waals surface area contributed by atoms with Gasteiger partial charge in [0.1, 0.15) is 11.6 Å². The molecule has 0 saturated heterocycles. The number of hydrogen-bond donors (Lipinski definition) is 0. The Labute approximate surface area is 143 Å². The lowest BCUT2D eigenvalue weighted by Crippen LogP contribution is -2.11. The van der Waals surface area contributed by atoms with Crippen molar-refractivity contribution in [3.63, 3.8) is 0 Å². The van der Waals surface area contributed by atoms with Crippen molar-refractivity contribution < 1.29 is 22.0 Å². The molecule has 2 aromatic carbocycles. The van der Waals surface area contributed by atoms with Gasteiger partial charge in [-0.15, -0.1) is 5.10 Å². The van der Waals surface area contributed by atoms with Gasteiger partial charge in [-0.1, -0.05) is 18.2 Å². The molecule has 0 aliphatic rings. The molecule has 0 bridgehead atoms. The summed E-state index contributed by atoms with van der Waals surface area (Å²) in [5.41, 5.74) is -1.73. The summed E-state index contributed by atoms with van der Waals surface area (Å²) < 4.78 is 69.6. The predicted molar refractivity (Wildman–Crippen MR) is 83.7 cm³/mol. The van der Waals surface area contributed by atoms with Crippen LogP contribution >= 0.6 is 12.2 Å². The molecule has 0 saturated carbocycles. The van der Waals surface area contributed by atoms with E-state index >= 15 is 0 Å². The van der Waals surface area contributed by atoms with E-state index in [1.54, 1.807) is 0 Å². The largest absolute Gasteiger partial charge is 0.418 e. The first-order valence-electron chi connectivity index (χ1n) is 6.99. The van der Waals surface area contributed by atoms with E-state index in [4.69, 9.17) is 12.2 Å². The lowest BCUT2D eigenvalue weighted by Gasteiger charge is -2.11. The molecule has 3 rings (SSSR count). The fourth-order valence-electron chi connectivity index (χ4n) is 2.42. The lowest BCUT2D eigenvalue weighted by atomic mass is 10.2. The minimum Gasteiger partial charge on any atom is -0.303 e. The van der Waals surface area contributed by atoms with Gasteiger partial charge in [-0.25, -0.2) is 13.5 Å². The molecule has 1 aromatic heterocycles. The topological polar surface area (TPSA) is 22.8 Å². The van der Waals surface area contributed by atoms with Crippen LogP contribution in [0, 0.1) is 16.4 Å². The third-order valence-corrected chi connectivity index (χ3v) is 4.05. The number of para-hydroxylation sites is 1. The van der Waals surface area contributed by atoms with Crippen molar-refractivity contribution in [2.75, 3.05) is 0 Å². The Balaban J connectivity index is 2.29. The minimum absolute atomic E-state index is 0.130. The third-order valence-electron chi connectivity index (χ3n) is 3.60. The van der Waals surface area contributed by atoms with Crippen molar-refractivity contribution in [1.82, 2.24) is 14.3 Å². The highest BCUT2D eigenvalue weighted by atomic mass is 32.1. The van der Waals surface area contributed by atoms with Crippen molar-refractivity contribution in [2.24, 2.45) is 7.05 Å². The molecule has 0 N–H and O–H groups in total. The molecular formula is C16H10F5N3S. The molecular weight excluding hydrogens is 361 g/mol. The van der Waals surface area contributed by atoms with Gasteiger partial charge in [0, 0.05) is 7.05 Å². The van der Waals surface area contributed by atoms with Crippen LogP contribution < -0.4 is 0 Å². The van der Waals surface area contributed by atoms with E-state index in [0.29, 0.717) is 0 Å². The van der Waals surface area contributed by atoms with E-state index in [1.165, 1.54) is 31.3 Å². The SMILES string of the molecule is Cn1c(-c2c(F)cccc2F)nn(-c2ccccc2C(F)(F)F)c1=S. The van der Waals surface area contributed by atoms with Gasteiger partial charge in [-0.2, -0.15) is 13.2 Å². The smallest absolute Gasteiger partial charge is 0.303 e. The van der Waals surface area contributed by atoms with Crippen LogP contribution in [-0.4, -0.2) is 14.3 Å². The summed E-state index contributed by atoms with van der Waals surface area (Å²) in [4.78, 5) is 0. The normalized spacial score (nSPS) is 11.8. The highest BCUT2D eigenvalue weighted by Crippen LogP contribution is 2.34. The Morgan fingerprint density at radius 1 is 0.960 bits per heavy atom. The summed E-state index contributed by atoms with van der Waals surface area (Å²) >= 11 is 5.12. The predicted octanol–water partition coefficient (Wildman–Crippen LogP) is 4.90. The van der Waals surface area contributed by atoms with Gasteiger partial charge in [-0.05, 0) is 36.5 Å². The maximum atomic E-state index is 14.0. The second-order valence-electron chi connectivity index (χ2n) is 5.19. The highest BCUT2D eigenvalue weighted by molar-refractivity contribution is 7.71. The van der Waals surface area contributed by atoms with E-state index in [9.17, 15) is 22.0 Å². The van der Waals surface area contributed by atoms with Crippen molar-refractivity contribution in [3.8, 4) is 17.1 Å². The Morgan fingerprint density at radius 2 is 1.56 bits per heavy atom. The van der Waals surface area contributed by atoms with E-state index in [2.05, 4.69) is 5.10 Å². The van der Waals surface area contributed by atoms with Crippen molar-refractivity contribution in [2.45, 2.75) is 6.18 Å². The van der Waals surface area contributed by atoms with Crippen LogP contribution in [0.2, 0.25) is 0 Å². The van der Waals surface area contributed by atoms with Crippen LogP contribution in [0.5, 0.6) is 0 Å². The Hall–Kier alpha value is -2.55. The Morgan fingerprint density at radius 3 is 2.16 bits per heavy atom. The number of nitrogens with zero attached hydrogens (tertiary/aromatic N) is 3. The third kappa shape index (κ3) is 2.95. The van der Waals surface area contributed by atoms with E-state index in [1.807, 2.05) is 0 Å². The summed E-state index contributed by atoms with van der Waals surface area (Å²) in [5.74, 6) is -1.99. The number of rotatable bonds is 2. The average molecular weight is 371 g/mol. The summed E-state index contributed by atoms with van der Waals surface area (Å²) in [5, 5.41) is 3.94. The van der Waals surface area contributed by atoms with Crippen molar-refractivity contribution in [1.29, 1.82) is 0 Å². The first-order chi connectivity index (χ1) is 11.7. The maximum Gasteiger partial charge on any atom is 0.418 e. The van der Waals surface area contributed by atoms with Crippen molar-refractivity contribution in [3.05, 3.63) is 64.4 Å². The van der Waals surface area contributed by atoms with Gasteiger partial charge >= 0.3 is 6.18 Å². The first kappa shape index (κ1) is 17.3. The molecule has 130 valence electrons. The van der Waals surface area contributed by atoms with E-state index in [-0.39, 0.29) is 16.3 Å². The molecule has 0 fully saturated rings.